The van der Waals surface area contributed by atoms with E-state index in [0.29, 0.717) is 0 Å². The summed E-state index contributed by atoms with van der Waals surface area (Å²) < 4.78 is 0. The Morgan fingerprint density at radius 2 is 2.14 bits per heavy atom. The quantitative estimate of drug-likeness (QED) is 0.493. The highest BCUT2D eigenvalue weighted by Crippen LogP contribution is 2.03. The maximum absolute atomic E-state index is 8.13. The molecule has 3 nitrogen and oxygen atoms in total. The average molecular weight is 97.1 g/mol. The largest absolute Gasteiger partial charge is 0.208 e. The van der Waals surface area contributed by atoms with E-state index in [1.165, 1.54) is 0 Å². The summed E-state index contributed by atoms with van der Waals surface area (Å²) in [5.74, 6) is 0. The fourth-order valence-electron chi connectivity index (χ4n) is 0.0250. The second-order valence-corrected chi connectivity index (χ2v) is 1.78. The molecule has 1 N–H and O–H groups in total. The molecule has 0 aliphatic carbocycles. The van der Waals surface area contributed by atoms with Crippen LogP contribution in [-0.2, 0) is 0 Å². The van der Waals surface area contributed by atoms with Gasteiger partial charge in [-0.3, -0.25) is 0 Å². The van der Waals surface area contributed by atoms with Crippen LogP contribution >= 0.6 is 0 Å². The Morgan fingerprint density at radius 1 is 1.71 bits per heavy atom. The molecular weight excluding hydrogens is 90.1 g/mol. The van der Waals surface area contributed by atoms with Crippen molar-refractivity contribution in [1.29, 1.82) is 10.8 Å². The lowest BCUT2D eigenvalue weighted by Crippen LogP contribution is -2.10. The molecule has 0 aromatic carbocycles. The van der Waals surface area contributed by atoms with Gasteiger partial charge in [-0.25, -0.2) is 5.53 Å². The summed E-state index contributed by atoms with van der Waals surface area (Å²) in [6.07, 6.45) is 0. The van der Waals surface area contributed by atoms with E-state index < -0.39 is 5.54 Å². The molecule has 0 rings (SSSR count). The van der Waals surface area contributed by atoms with E-state index in [0.717, 1.165) is 0 Å². The predicted molar refractivity (Wildman–Crippen MR) is 24.8 cm³/mol. The van der Waals surface area contributed by atoms with Gasteiger partial charge in [-0.1, -0.05) is 0 Å². The first kappa shape index (κ1) is 6.09. The summed E-state index contributed by atoms with van der Waals surface area (Å²) in [6, 6.07) is 1.84. The minimum atomic E-state index is -0.819. The molecule has 0 fully saturated rings. The van der Waals surface area contributed by atoms with Crippen LogP contribution in [0.15, 0.2) is 5.11 Å². The van der Waals surface area contributed by atoms with Gasteiger partial charge in [-0.05, 0) is 13.8 Å². The van der Waals surface area contributed by atoms with Crippen LogP contribution in [0, 0.1) is 16.9 Å². The maximum atomic E-state index is 8.13. The monoisotopic (exact) mass is 97.1 g/mol. The van der Waals surface area contributed by atoms with Crippen LogP contribution in [0.3, 0.4) is 0 Å². The fraction of sp³-hybridized carbons (Fsp3) is 0.750. The zero-order valence-electron chi connectivity index (χ0n) is 4.39. The lowest BCUT2D eigenvalue weighted by molar-refractivity contribution is 0.613. The third kappa shape index (κ3) is 1.88. The van der Waals surface area contributed by atoms with Crippen molar-refractivity contribution in [1.82, 2.24) is 0 Å². The minimum absolute atomic E-state index is 0.819. The normalized spacial score (nSPS) is 9.86. The smallest absolute Gasteiger partial charge is 0.161 e. The number of hydrogen-bond acceptors (Lipinski definition) is 3. The van der Waals surface area contributed by atoms with Crippen molar-refractivity contribution in [2.24, 2.45) is 5.11 Å². The highest BCUT2D eigenvalue weighted by Gasteiger charge is 2.11. The Bertz CT molecular complexity index is 109. The van der Waals surface area contributed by atoms with Crippen molar-refractivity contribution in [2.45, 2.75) is 19.4 Å². The summed E-state index contributed by atoms with van der Waals surface area (Å²) in [6.45, 7) is 3.17. The van der Waals surface area contributed by atoms with E-state index in [2.05, 4.69) is 5.11 Å². The van der Waals surface area contributed by atoms with Gasteiger partial charge >= 0.3 is 0 Å². The van der Waals surface area contributed by atoms with Gasteiger partial charge < -0.3 is 0 Å². The zero-order chi connectivity index (χ0) is 5.91. The Kier molecular flexibility index (Phi) is 1.47. The maximum Gasteiger partial charge on any atom is 0.161 e. The van der Waals surface area contributed by atoms with E-state index in [9.17, 15) is 0 Å². The van der Waals surface area contributed by atoms with Gasteiger partial charge in [-0.2, -0.15) is 10.4 Å². The molecule has 0 radical (unpaired) electrons. The molecule has 0 saturated heterocycles. The van der Waals surface area contributed by atoms with Gasteiger partial charge in [0.15, 0.2) is 5.54 Å². The molecule has 0 aromatic rings. The molecule has 0 unspecified atom stereocenters. The minimum Gasteiger partial charge on any atom is -0.208 e. The van der Waals surface area contributed by atoms with E-state index >= 15 is 0 Å². The van der Waals surface area contributed by atoms with Crippen LogP contribution in [0.5, 0.6) is 0 Å². The molecule has 0 aliphatic heterocycles. The Morgan fingerprint density at radius 3 is 2.14 bits per heavy atom. The topological polar surface area (TPSA) is 60.0 Å². The summed E-state index contributed by atoms with van der Waals surface area (Å²) in [7, 11) is 0. The van der Waals surface area contributed by atoms with Crippen molar-refractivity contribution in [3.8, 4) is 6.07 Å². The Labute approximate surface area is 42.5 Å². The third-order valence-electron chi connectivity index (χ3n) is 0.553. The van der Waals surface area contributed by atoms with Crippen molar-refractivity contribution in [3.05, 3.63) is 0 Å². The second kappa shape index (κ2) is 1.69. The summed E-state index contributed by atoms with van der Waals surface area (Å²) in [5, 5.41) is 11.2. The zero-order valence-corrected chi connectivity index (χ0v) is 4.39. The molecule has 0 aromatic heterocycles. The molecular formula is C4H7N3. The van der Waals surface area contributed by atoms with E-state index in [4.69, 9.17) is 10.8 Å². The molecule has 0 heterocycles. The third-order valence-corrected chi connectivity index (χ3v) is 0.553. The molecule has 3 heteroatoms. The first-order valence-corrected chi connectivity index (χ1v) is 1.92. The predicted octanol–water partition coefficient (Wildman–Crippen LogP) is 1.32. The van der Waals surface area contributed by atoms with Crippen LogP contribution in [0.2, 0.25) is 0 Å². The summed E-state index contributed by atoms with van der Waals surface area (Å²) in [4.78, 5) is 0. The van der Waals surface area contributed by atoms with Crippen molar-refractivity contribution in [3.63, 3.8) is 0 Å². The first-order valence-electron chi connectivity index (χ1n) is 1.92. The molecule has 0 spiro atoms. The van der Waals surface area contributed by atoms with Crippen molar-refractivity contribution >= 4 is 0 Å². The molecule has 0 bridgehead atoms. The van der Waals surface area contributed by atoms with Crippen molar-refractivity contribution < 1.29 is 0 Å². The highest BCUT2D eigenvalue weighted by atomic mass is 15.0. The molecule has 7 heavy (non-hydrogen) atoms. The summed E-state index contributed by atoms with van der Waals surface area (Å²) in [5.41, 5.74) is 5.59. The van der Waals surface area contributed by atoms with Crippen LogP contribution in [0.1, 0.15) is 13.8 Å². The Balaban J connectivity index is 3.91. The van der Waals surface area contributed by atoms with Crippen molar-refractivity contribution in [2.75, 3.05) is 0 Å². The highest BCUT2D eigenvalue weighted by molar-refractivity contribution is 4.98. The van der Waals surface area contributed by atoms with Crippen LogP contribution in [0.4, 0.5) is 0 Å². The lowest BCUT2D eigenvalue weighted by Gasteiger charge is -2.01. The van der Waals surface area contributed by atoms with Gasteiger partial charge in [0.25, 0.3) is 0 Å². The van der Waals surface area contributed by atoms with Crippen LogP contribution in [-0.4, -0.2) is 5.54 Å². The fourth-order valence-corrected chi connectivity index (χ4v) is 0.0250. The number of nitrogens with zero attached hydrogens (tertiary/aromatic N) is 2. The number of hydrogen-bond donors (Lipinski definition) is 1. The Hall–Kier alpha value is -0.910. The number of nitriles is 1. The average Bonchev–Trinajstić information content (AvgIpc) is 1.68. The molecule has 0 atom stereocenters. The van der Waals surface area contributed by atoms with E-state index in [1.54, 1.807) is 13.8 Å². The van der Waals surface area contributed by atoms with Gasteiger partial charge in [-0.15, -0.1) is 0 Å². The SMILES string of the molecule is CC(C)(C#N)N=N. The molecule has 0 aliphatic rings. The van der Waals surface area contributed by atoms with Gasteiger partial charge in [0, 0.05) is 0 Å². The molecule has 0 saturated carbocycles. The first-order chi connectivity index (χ1) is 3.12. The number of rotatable bonds is 1. The second-order valence-electron chi connectivity index (χ2n) is 1.78. The van der Waals surface area contributed by atoms with Gasteiger partial charge in [0.1, 0.15) is 0 Å². The molecule has 38 valence electrons. The molecule has 0 amide bonds. The summed E-state index contributed by atoms with van der Waals surface area (Å²) >= 11 is 0. The standard InChI is InChI=1S/C4H7N3/c1-4(2,3-5)7-6/h6H,1-2H3. The lowest BCUT2D eigenvalue weighted by atomic mass is 10.1. The number of nitrogens with one attached hydrogen (secondary N) is 1. The van der Waals surface area contributed by atoms with Crippen LogP contribution < -0.4 is 0 Å². The van der Waals surface area contributed by atoms with E-state index in [-0.39, 0.29) is 0 Å². The van der Waals surface area contributed by atoms with Crippen LogP contribution in [0.25, 0.3) is 0 Å². The van der Waals surface area contributed by atoms with Gasteiger partial charge in [0.2, 0.25) is 0 Å². The van der Waals surface area contributed by atoms with Gasteiger partial charge in [0.05, 0.1) is 6.07 Å². The van der Waals surface area contributed by atoms with E-state index in [1.807, 2.05) is 6.07 Å².